The van der Waals surface area contributed by atoms with Crippen LogP contribution in [0.2, 0.25) is 0 Å². The minimum atomic E-state index is -0.274. The average Bonchev–Trinajstić information content (AvgIpc) is 2.70. The van der Waals surface area contributed by atoms with E-state index in [1.165, 1.54) is 28.9 Å². The van der Waals surface area contributed by atoms with Crippen molar-refractivity contribution < 1.29 is 4.39 Å². The molecule has 5 nitrogen and oxygen atoms in total. The van der Waals surface area contributed by atoms with Gasteiger partial charge in [-0.05, 0) is 56.2 Å². The normalized spacial score (nSPS) is 14.2. The second-order valence-electron chi connectivity index (χ2n) is 7.52. The van der Waals surface area contributed by atoms with Gasteiger partial charge in [0.2, 0.25) is 5.95 Å². The Balaban J connectivity index is 1.48. The van der Waals surface area contributed by atoms with Gasteiger partial charge in [-0.15, -0.1) is 0 Å². The number of hydrogen-bond donors (Lipinski definition) is 1. The summed E-state index contributed by atoms with van der Waals surface area (Å²) in [7, 11) is 0. The molecular weight excluding hydrogens is 365 g/mol. The van der Waals surface area contributed by atoms with E-state index < -0.39 is 0 Å². The maximum absolute atomic E-state index is 13.5. The second kappa shape index (κ2) is 8.07. The van der Waals surface area contributed by atoms with E-state index in [0.717, 1.165) is 31.9 Å². The van der Waals surface area contributed by atoms with Gasteiger partial charge in [-0.25, -0.2) is 9.37 Å². The molecule has 0 unspecified atom stereocenters. The van der Waals surface area contributed by atoms with Crippen LogP contribution in [0.4, 0.5) is 27.5 Å². The molecule has 1 aliphatic heterocycles. The van der Waals surface area contributed by atoms with Crippen molar-refractivity contribution in [1.29, 1.82) is 0 Å². The number of nitrogens with zero attached hydrogens (tertiary/aromatic N) is 4. The average molecular weight is 391 g/mol. The SMILES string of the molecule is Cc1cc(Nc2cccc(F)c2)nc(N2CCN(c3cccc(C)c3C)CC2)n1. The third-order valence-electron chi connectivity index (χ3n) is 5.42. The van der Waals surface area contributed by atoms with Gasteiger partial charge in [0.15, 0.2) is 0 Å². The molecule has 29 heavy (non-hydrogen) atoms. The molecule has 1 aromatic heterocycles. The summed E-state index contributed by atoms with van der Waals surface area (Å²) >= 11 is 0. The van der Waals surface area contributed by atoms with Crippen molar-refractivity contribution >= 4 is 23.1 Å². The van der Waals surface area contributed by atoms with Crippen LogP contribution in [0.15, 0.2) is 48.5 Å². The number of nitrogens with one attached hydrogen (secondary N) is 1. The quantitative estimate of drug-likeness (QED) is 0.704. The Bertz CT molecular complexity index is 1010. The van der Waals surface area contributed by atoms with Gasteiger partial charge in [-0.3, -0.25) is 0 Å². The molecule has 6 heteroatoms. The van der Waals surface area contributed by atoms with Gasteiger partial charge in [-0.1, -0.05) is 18.2 Å². The first kappa shape index (κ1) is 19.2. The zero-order chi connectivity index (χ0) is 20.4. The molecule has 0 saturated carbocycles. The smallest absolute Gasteiger partial charge is 0.227 e. The highest BCUT2D eigenvalue weighted by atomic mass is 19.1. The van der Waals surface area contributed by atoms with Crippen LogP contribution in [0.5, 0.6) is 0 Å². The molecule has 4 rings (SSSR count). The van der Waals surface area contributed by atoms with Crippen LogP contribution in [-0.4, -0.2) is 36.1 Å². The summed E-state index contributed by atoms with van der Waals surface area (Å²) in [5.74, 6) is 1.11. The summed E-state index contributed by atoms with van der Waals surface area (Å²) in [5, 5.41) is 3.19. The molecule has 0 radical (unpaired) electrons. The standard InChI is InChI=1S/C23H26FN5/c1-16-6-4-9-21(18(16)3)28-10-12-29(13-11-28)23-25-17(2)14-22(27-23)26-20-8-5-7-19(24)15-20/h4-9,14-15H,10-13H2,1-3H3,(H,25,26,27). The highest BCUT2D eigenvalue weighted by Gasteiger charge is 2.21. The summed E-state index contributed by atoms with van der Waals surface area (Å²) in [6, 6.07) is 14.7. The van der Waals surface area contributed by atoms with Crippen LogP contribution in [0, 0.1) is 26.6 Å². The van der Waals surface area contributed by atoms with Gasteiger partial charge in [0, 0.05) is 49.3 Å². The Hall–Kier alpha value is -3.15. The Kier molecular flexibility index (Phi) is 5.34. The third-order valence-corrected chi connectivity index (χ3v) is 5.42. The fraction of sp³-hybridized carbons (Fsp3) is 0.304. The fourth-order valence-corrected chi connectivity index (χ4v) is 3.70. The third kappa shape index (κ3) is 4.31. The lowest BCUT2D eigenvalue weighted by Crippen LogP contribution is -2.47. The van der Waals surface area contributed by atoms with Crippen molar-refractivity contribution in [2.75, 3.05) is 41.3 Å². The summed E-state index contributed by atoms with van der Waals surface area (Å²) in [4.78, 5) is 13.9. The number of rotatable bonds is 4. The van der Waals surface area contributed by atoms with Crippen molar-refractivity contribution in [3.63, 3.8) is 0 Å². The predicted octanol–water partition coefficient (Wildman–Crippen LogP) is 4.61. The van der Waals surface area contributed by atoms with Crippen LogP contribution < -0.4 is 15.1 Å². The number of piperazine rings is 1. The van der Waals surface area contributed by atoms with Crippen molar-refractivity contribution in [3.05, 3.63) is 71.2 Å². The maximum Gasteiger partial charge on any atom is 0.227 e. The van der Waals surface area contributed by atoms with E-state index in [1.54, 1.807) is 6.07 Å². The summed E-state index contributed by atoms with van der Waals surface area (Å²) in [6.07, 6.45) is 0. The van der Waals surface area contributed by atoms with Crippen LogP contribution in [-0.2, 0) is 0 Å². The minimum absolute atomic E-state index is 0.274. The molecule has 3 aromatic rings. The molecule has 0 spiro atoms. The first-order chi connectivity index (χ1) is 14.0. The molecule has 150 valence electrons. The molecular formula is C23H26FN5. The van der Waals surface area contributed by atoms with Crippen molar-refractivity contribution in [2.24, 2.45) is 0 Å². The molecule has 0 amide bonds. The summed E-state index contributed by atoms with van der Waals surface area (Å²) < 4.78 is 13.5. The highest BCUT2D eigenvalue weighted by molar-refractivity contribution is 5.59. The van der Waals surface area contributed by atoms with E-state index in [2.05, 4.69) is 57.1 Å². The molecule has 2 aromatic carbocycles. The first-order valence-electron chi connectivity index (χ1n) is 9.94. The topological polar surface area (TPSA) is 44.3 Å². The molecule has 2 heterocycles. The van der Waals surface area contributed by atoms with Gasteiger partial charge in [-0.2, -0.15) is 4.98 Å². The lowest BCUT2D eigenvalue weighted by Gasteiger charge is -2.37. The molecule has 0 aliphatic carbocycles. The fourth-order valence-electron chi connectivity index (χ4n) is 3.70. The number of aryl methyl sites for hydroxylation is 2. The molecule has 1 aliphatic rings. The van der Waals surface area contributed by atoms with E-state index in [-0.39, 0.29) is 5.82 Å². The highest BCUT2D eigenvalue weighted by Crippen LogP contribution is 2.25. The molecule has 1 N–H and O–H groups in total. The van der Waals surface area contributed by atoms with Crippen LogP contribution in [0.25, 0.3) is 0 Å². The van der Waals surface area contributed by atoms with E-state index >= 15 is 0 Å². The summed E-state index contributed by atoms with van der Waals surface area (Å²) in [6.45, 7) is 9.86. The number of hydrogen-bond acceptors (Lipinski definition) is 5. The second-order valence-corrected chi connectivity index (χ2v) is 7.52. The number of aromatic nitrogens is 2. The van der Waals surface area contributed by atoms with E-state index in [0.29, 0.717) is 17.5 Å². The zero-order valence-corrected chi connectivity index (χ0v) is 17.1. The maximum atomic E-state index is 13.5. The van der Waals surface area contributed by atoms with Crippen LogP contribution in [0.3, 0.4) is 0 Å². The lowest BCUT2D eigenvalue weighted by molar-refractivity contribution is 0.628. The Morgan fingerprint density at radius 1 is 0.862 bits per heavy atom. The lowest BCUT2D eigenvalue weighted by atomic mass is 10.1. The molecule has 0 bridgehead atoms. The molecule has 1 fully saturated rings. The van der Waals surface area contributed by atoms with E-state index in [1.807, 2.05) is 19.1 Å². The number of anilines is 4. The van der Waals surface area contributed by atoms with Gasteiger partial charge >= 0.3 is 0 Å². The molecule has 0 atom stereocenters. The van der Waals surface area contributed by atoms with Gasteiger partial charge in [0.25, 0.3) is 0 Å². The largest absolute Gasteiger partial charge is 0.368 e. The van der Waals surface area contributed by atoms with Gasteiger partial charge in [0.1, 0.15) is 11.6 Å². The van der Waals surface area contributed by atoms with Crippen LogP contribution in [0.1, 0.15) is 16.8 Å². The summed E-state index contributed by atoms with van der Waals surface area (Å²) in [5.41, 5.74) is 5.53. The Labute approximate surface area is 171 Å². The number of benzene rings is 2. The van der Waals surface area contributed by atoms with Gasteiger partial charge < -0.3 is 15.1 Å². The predicted molar refractivity (Wildman–Crippen MR) is 117 cm³/mol. The number of halogens is 1. The Morgan fingerprint density at radius 2 is 1.59 bits per heavy atom. The zero-order valence-electron chi connectivity index (χ0n) is 17.1. The van der Waals surface area contributed by atoms with E-state index in [9.17, 15) is 4.39 Å². The monoisotopic (exact) mass is 391 g/mol. The molecule has 1 saturated heterocycles. The minimum Gasteiger partial charge on any atom is -0.368 e. The Morgan fingerprint density at radius 3 is 2.34 bits per heavy atom. The first-order valence-corrected chi connectivity index (χ1v) is 9.94. The van der Waals surface area contributed by atoms with E-state index in [4.69, 9.17) is 0 Å². The van der Waals surface area contributed by atoms with Crippen molar-refractivity contribution in [2.45, 2.75) is 20.8 Å². The van der Waals surface area contributed by atoms with Gasteiger partial charge in [0.05, 0.1) is 0 Å². The van der Waals surface area contributed by atoms with Crippen molar-refractivity contribution in [3.8, 4) is 0 Å². The van der Waals surface area contributed by atoms with Crippen molar-refractivity contribution in [1.82, 2.24) is 9.97 Å². The van der Waals surface area contributed by atoms with Crippen LogP contribution >= 0.6 is 0 Å².